The summed E-state index contributed by atoms with van der Waals surface area (Å²) in [6.45, 7) is 1.87. The summed E-state index contributed by atoms with van der Waals surface area (Å²) in [4.78, 5) is 26.6. The first-order valence-corrected chi connectivity index (χ1v) is 12.9. The number of amides is 1. The fourth-order valence-corrected chi connectivity index (χ4v) is 5.07. The van der Waals surface area contributed by atoms with E-state index >= 15 is 0 Å². The maximum absolute atomic E-state index is 13.4. The molecule has 0 aliphatic carbocycles. The zero-order valence-corrected chi connectivity index (χ0v) is 21.2. The van der Waals surface area contributed by atoms with Gasteiger partial charge in [0.05, 0.1) is 21.8 Å². The Kier molecular flexibility index (Phi) is 7.24. The van der Waals surface area contributed by atoms with Gasteiger partial charge in [-0.05, 0) is 49.4 Å². The minimum Gasteiger partial charge on any atom is -0.321 e. The zero-order valence-electron chi connectivity index (χ0n) is 19.6. The van der Waals surface area contributed by atoms with Gasteiger partial charge in [-0.1, -0.05) is 71.8 Å². The molecule has 4 aromatic rings. The number of sulfonamides is 1. The Hall–Kier alpha value is -3.94. The summed E-state index contributed by atoms with van der Waals surface area (Å²) >= 11 is 6.15. The Morgan fingerprint density at radius 3 is 2.14 bits per heavy atom. The fraction of sp³-hybridized carbons (Fsp3) is 0.0714. The van der Waals surface area contributed by atoms with E-state index in [-0.39, 0.29) is 33.2 Å². The molecule has 0 bridgehead atoms. The summed E-state index contributed by atoms with van der Waals surface area (Å²) in [6.07, 6.45) is 0. The molecule has 4 aromatic carbocycles. The number of rotatable bonds is 7. The predicted octanol–water partition coefficient (Wildman–Crippen LogP) is 5.96. The Balaban J connectivity index is 1.68. The topological polar surface area (TPSA) is 83.6 Å². The highest BCUT2D eigenvalue weighted by Gasteiger charge is 2.26. The maximum atomic E-state index is 13.4. The molecule has 1 amide bonds. The van der Waals surface area contributed by atoms with Crippen molar-refractivity contribution in [1.82, 2.24) is 0 Å². The van der Waals surface area contributed by atoms with Crippen molar-refractivity contribution in [2.24, 2.45) is 0 Å². The number of benzene rings is 4. The van der Waals surface area contributed by atoms with Crippen molar-refractivity contribution in [2.45, 2.75) is 11.8 Å². The van der Waals surface area contributed by atoms with Crippen LogP contribution in [0.4, 0.5) is 11.4 Å². The molecule has 0 atom stereocenters. The molecule has 1 N–H and O–H groups in total. The van der Waals surface area contributed by atoms with Crippen molar-refractivity contribution >= 4 is 44.7 Å². The van der Waals surface area contributed by atoms with Crippen molar-refractivity contribution in [3.63, 3.8) is 0 Å². The molecule has 4 rings (SSSR count). The second kappa shape index (κ2) is 10.4. The number of ketones is 1. The normalized spacial score (nSPS) is 11.1. The Labute approximate surface area is 215 Å². The number of nitrogens with one attached hydrogen (secondary N) is 1. The number of anilines is 2. The van der Waals surface area contributed by atoms with E-state index in [9.17, 15) is 18.0 Å². The van der Waals surface area contributed by atoms with Crippen LogP contribution in [0.3, 0.4) is 0 Å². The molecule has 0 aliphatic rings. The molecule has 182 valence electrons. The summed E-state index contributed by atoms with van der Waals surface area (Å²) in [5, 5.41) is 3.10. The summed E-state index contributed by atoms with van der Waals surface area (Å²) in [6, 6.07) is 26.1. The highest BCUT2D eigenvalue weighted by molar-refractivity contribution is 7.92. The van der Waals surface area contributed by atoms with Crippen LogP contribution in [0.5, 0.6) is 0 Å². The van der Waals surface area contributed by atoms with Gasteiger partial charge in [0.15, 0.2) is 5.78 Å². The molecule has 36 heavy (non-hydrogen) atoms. The first-order chi connectivity index (χ1) is 17.2. The number of para-hydroxylation sites is 1. The van der Waals surface area contributed by atoms with Crippen molar-refractivity contribution < 1.29 is 18.0 Å². The minimum atomic E-state index is -3.92. The van der Waals surface area contributed by atoms with E-state index in [2.05, 4.69) is 5.32 Å². The molecule has 0 spiro atoms. The van der Waals surface area contributed by atoms with Gasteiger partial charge in [-0.25, -0.2) is 8.42 Å². The van der Waals surface area contributed by atoms with E-state index in [1.165, 1.54) is 31.3 Å². The molecule has 0 aromatic heterocycles. The van der Waals surface area contributed by atoms with Gasteiger partial charge >= 0.3 is 0 Å². The third-order valence-electron chi connectivity index (χ3n) is 5.68. The lowest BCUT2D eigenvalue weighted by Crippen LogP contribution is -2.29. The van der Waals surface area contributed by atoms with Crippen LogP contribution in [0, 0.1) is 6.92 Å². The van der Waals surface area contributed by atoms with Crippen LogP contribution in [-0.4, -0.2) is 27.2 Å². The van der Waals surface area contributed by atoms with Crippen LogP contribution in [0.25, 0.3) is 0 Å². The number of carbonyl (C=O) groups is 2. The first-order valence-electron chi connectivity index (χ1n) is 11.0. The Morgan fingerprint density at radius 1 is 0.806 bits per heavy atom. The second-order valence-corrected chi connectivity index (χ2v) is 10.5. The number of hydrogen-bond acceptors (Lipinski definition) is 4. The molecule has 0 fully saturated rings. The van der Waals surface area contributed by atoms with Crippen LogP contribution in [-0.2, 0) is 10.0 Å². The van der Waals surface area contributed by atoms with Crippen molar-refractivity contribution in [3.8, 4) is 0 Å². The molecular formula is C28H23ClN2O4S. The van der Waals surface area contributed by atoms with Crippen LogP contribution >= 0.6 is 11.6 Å². The van der Waals surface area contributed by atoms with E-state index in [4.69, 9.17) is 11.6 Å². The fourth-order valence-electron chi connectivity index (χ4n) is 3.69. The highest BCUT2D eigenvalue weighted by Crippen LogP contribution is 2.28. The third kappa shape index (κ3) is 5.17. The number of aryl methyl sites for hydroxylation is 1. The molecule has 8 heteroatoms. The summed E-state index contributed by atoms with van der Waals surface area (Å²) in [7, 11) is -2.52. The van der Waals surface area contributed by atoms with Crippen LogP contribution in [0.1, 0.15) is 31.8 Å². The summed E-state index contributed by atoms with van der Waals surface area (Å²) in [5.74, 6) is -0.873. The molecule has 0 saturated carbocycles. The van der Waals surface area contributed by atoms with Gasteiger partial charge in [-0.2, -0.15) is 0 Å². The quantitative estimate of drug-likeness (QED) is 0.306. The van der Waals surface area contributed by atoms with Crippen LogP contribution in [0.2, 0.25) is 5.02 Å². The third-order valence-corrected chi connectivity index (χ3v) is 7.70. The number of halogens is 1. The smallest absolute Gasteiger partial charge is 0.264 e. The van der Waals surface area contributed by atoms with Crippen LogP contribution in [0.15, 0.2) is 102 Å². The molecule has 0 saturated heterocycles. The van der Waals surface area contributed by atoms with Crippen molar-refractivity contribution in [3.05, 3.63) is 124 Å². The summed E-state index contributed by atoms with van der Waals surface area (Å²) in [5.41, 5.74) is 2.18. The lowest BCUT2D eigenvalue weighted by molar-refractivity contribution is 0.102. The predicted molar refractivity (Wildman–Crippen MR) is 142 cm³/mol. The Bertz CT molecular complexity index is 1540. The largest absolute Gasteiger partial charge is 0.321 e. The van der Waals surface area contributed by atoms with Crippen molar-refractivity contribution in [1.29, 1.82) is 0 Å². The number of hydrogen-bond donors (Lipinski definition) is 1. The highest BCUT2D eigenvalue weighted by atomic mass is 35.5. The number of nitrogens with zero attached hydrogens (tertiary/aromatic N) is 1. The first kappa shape index (κ1) is 25.2. The molecular weight excluding hydrogens is 496 g/mol. The lowest BCUT2D eigenvalue weighted by atomic mass is 10.0. The van der Waals surface area contributed by atoms with Gasteiger partial charge in [-0.15, -0.1) is 0 Å². The average molecular weight is 519 g/mol. The second-order valence-electron chi connectivity index (χ2n) is 8.14. The van der Waals surface area contributed by atoms with E-state index in [1.54, 1.807) is 72.8 Å². The van der Waals surface area contributed by atoms with Gasteiger partial charge in [-0.3, -0.25) is 13.9 Å². The maximum Gasteiger partial charge on any atom is 0.264 e. The Morgan fingerprint density at radius 2 is 1.44 bits per heavy atom. The van der Waals surface area contributed by atoms with E-state index in [1.807, 2.05) is 6.92 Å². The molecule has 6 nitrogen and oxygen atoms in total. The van der Waals surface area contributed by atoms with Crippen LogP contribution < -0.4 is 9.62 Å². The molecule has 0 unspecified atom stereocenters. The van der Waals surface area contributed by atoms with Gasteiger partial charge in [0.1, 0.15) is 0 Å². The number of carbonyl (C=O) groups excluding carboxylic acids is 2. The monoisotopic (exact) mass is 518 g/mol. The van der Waals surface area contributed by atoms with Gasteiger partial charge in [0, 0.05) is 23.2 Å². The lowest BCUT2D eigenvalue weighted by Gasteiger charge is -2.22. The standard InChI is InChI=1S/C28H23ClN2O4S/c1-19-12-15-22(16-13-19)36(34,35)31(2)26-11-7-6-10-23(26)28(33)30-25-17-14-21(29)18-24(25)27(32)20-8-4-3-5-9-20/h3-18H,1-2H3,(H,30,33). The SMILES string of the molecule is Cc1ccc(S(=O)(=O)N(C)c2ccccc2C(=O)Nc2ccc(Cl)cc2C(=O)c2ccccc2)cc1. The average Bonchev–Trinajstić information content (AvgIpc) is 2.89. The summed E-state index contributed by atoms with van der Waals surface area (Å²) < 4.78 is 27.6. The molecule has 0 radical (unpaired) electrons. The van der Waals surface area contributed by atoms with Gasteiger partial charge < -0.3 is 5.32 Å². The van der Waals surface area contributed by atoms with Gasteiger partial charge in [0.2, 0.25) is 0 Å². The molecule has 0 aliphatic heterocycles. The van der Waals surface area contributed by atoms with E-state index in [0.717, 1.165) is 9.87 Å². The minimum absolute atomic E-state index is 0.110. The van der Waals surface area contributed by atoms with Crippen molar-refractivity contribution in [2.75, 3.05) is 16.7 Å². The zero-order chi connectivity index (χ0) is 25.9. The van der Waals surface area contributed by atoms with E-state index < -0.39 is 15.9 Å². The van der Waals surface area contributed by atoms with E-state index in [0.29, 0.717) is 10.6 Å². The van der Waals surface area contributed by atoms with Gasteiger partial charge in [0.25, 0.3) is 15.9 Å². The molecule has 0 heterocycles.